The minimum absolute atomic E-state index is 0. The maximum Gasteiger partial charge on any atom is 0.191 e. The lowest BCUT2D eigenvalue weighted by Gasteiger charge is -2.13. The normalized spacial score (nSPS) is 11.2. The number of nitrogens with zero attached hydrogens (tertiary/aromatic N) is 4. The van der Waals surface area contributed by atoms with E-state index in [0.29, 0.717) is 13.2 Å². The number of methoxy groups -OCH3 is 1. The van der Waals surface area contributed by atoms with Crippen LogP contribution < -0.4 is 10.6 Å². The summed E-state index contributed by atoms with van der Waals surface area (Å²) in [5, 5.41) is 16.7. The Morgan fingerprint density at radius 2 is 2.21 bits per heavy atom. The van der Waals surface area contributed by atoms with E-state index in [2.05, 4.69) is 48.8 Å². The third-order valence-corrected chi connectivity index (χ3v) is 4.09. The molecular weight excluding hydrogens is 439 g/mol. The van der Waals surface area contributed by atoms with Gasteiger partial charge in [0.15, 0.2) is 5.96 Å². The summed E-state index contributed by atoms with van der Waals surface area (Å²) in [6, 6.07) is 4.13. The average molecular weight is 464 g/mol. The predicted octanol–water partition coefficient (Wildman–Crippen LogP) is 1.90. The lowest BCUT2D eigenvalue weighted by atomic mass is 10.4. The van der Waals surface area contributed by atoms with E-state index in [9.17, 15) is 0 Å². The zero-order valence-electron chi connectivity index (χ0n) is 14.1. The molecule has 0 fully saturated rings. The SMILES string of the molecule is CCc1nncn1CCNC(=NCc1cccs1)NCCOC.I. The van der Waals surface area contributed by atoms with Gasteiger partial charge in [-0.25, -0.2) is 4.99 Å². The van der Waals surface area contributed by atoms with Crippen molar-refractivity contribution < 1.29 is 4.74 Å². The molecular formula is C15H25IN6OS. The molecule has 2 aromatic heterocycles. The summed E-state index contributed by atoms with van der Waals surface area (Å²) in [5.74, 6) is 1.79. The van der Waals surface area contributed by atoms with E-state index in [4.69, 9.17) is 4.74 Å². The fourth-order valence-electron chi connectivity index (χ4n) is 2.04. The monoisotopic (exact) mass is 464 g/mol. The second kappa shape index (κ2) is 12.2. The first-order valence-corrected chi connectivity index (χ1v) is 8.61. The van der Waals surface area contributed by atoms with Crippen molar-refractivity contribution in [3.8, 4) is 0 Å². The number of guanidine groups is 1. The highest BCUT2D eigenvalue weighted by atomic mass is 127. The van der Waals surface area contributed by atoms with E-state index in [-0.39, 0.29) is 24.0 Å². The van der Waals surface area contributed by atoms with Gasteiger partial charge in [-0.2, -0.15) is 0 Å². The Balaban J connectivity index is 0.00000288. The van der Waals surface area contributed by atoms with Crippen molar-refractivity contribution in [1.82, 2.24) is 25.4 Å². The van der Waals surface area contributed by atoms with Crippen LogP contribution in [0.15, 0.2) is 28.8 Å². The van der Waals surface area contributed by atoms with E-state index in [1.807, 2.05) is 6.07 Å². The molecule has 0 spiro atoms. The van der Waals surface area contributed by atoms with Gasteiger partial charge in [-0.1, -0.05) is 13.0 Å². The van der Waals surface area contributed by atoms with Crippen molar-refractivity contribution in [2.75, 3.05) is 26.8 Å². The van der Waals surface area contributed by atoms with Crippen LogP contribution in [0.25, 0.3) is 0 Å². The summed E-state index contributed by atoms with van der Waals surface area (Å²) < 4.78 is 7.13. The first-order chi connectivity index (χ1) is 11.3. The molecule has 134 valence electrons. The number of aryl methyl sites for hydroxylation is 1. The van der Waals surface area contributed by atoms with E-state index < -0.39 is 0 Å². The fraction of sp³-hybridized carbons (Fsp3) is 0.533. The lowest BCUT2D eigenvalue weighted by molar-refractivity contribution is 0.203. The summed E-state index contributed by atoms with van der Waals surface area (Å²) in [6.45, 7) is 5.68. The highest BCUT2D eigenvalue weighted by Crippen LogP contribution is 2.09. The molecule has 2 rings (SSSR count). The number of ether oxygens (including phenoxy) is 1. The van der Waals surface area contributed by atoms with Crippen molar-refractivity contribution >= 4 is 41.3 Å². The number of hydrogen-bond donors (Lipinski definition) is 2. The molecule has 0 amide bonds. The van der Waals surface area contributed by atoms with Gasteiger partial charge in [-0.3, -0.25) is 0 Å². The third-order valence-electron chi connectivity index (χ3n) is 3.23. The molecule has 7 nitrogen and oxygen atoms in total. The van der Waals surface area contributed by atoms with Gasteiger partial charge in [-0.05, 0) is 11.4 Å². The topological polar surface area (TPSA) is 76.4 Å². The molecule has 0 aliphatic carbocycles. The Morgan fingerprint density at radius 1 is 1.38 bits per heavy atom. The molecule has 2 N–H and O–H groups in total. The number of rotatable bonds is 9. The Labute approximate surface area is 163 Å². The fourth-order valence-corrected chi connectivity index (χ4v) is 2.67. The maximum atomic E-state index is 5.07. The summed E-state index contributed by atoms with van der Waals surface area (Å²) in [4.78, 5) is 5.85. The van der Waals surface area contributed by atoms with Crippen LogP contribution in [0.4, 0.5) is 0 Å². The molecule has 24 heavy (non-hydrogen) atoms. The number of halogens is 1. The molecule has 2 aromatic rings. The highest BCUT2D eigenvalue weighted by molar-refractivity contribution is 14.0. The van der Waals surface area contributed by atoms with E-state index in [0.717, 1.165) is 37.8 Å². The van der Waals surface area contributed by atoms with E-state index in [1.54, 1.807) is 24.8 Å². The first kappa shape index (κ1) is 20.8. The van der Waals surface area contributed by atoms with Crippen LogP contribution in [-0.4, -0.2) is 47.5 Å². The van der Waals surface area contributed by atoms with Crippen molar-refractivity contribution in [1.29, 1.82) is 0 Å². The van der Waals surface area contributed by atoms with Crippen LogP contribution in [0.5, 0.6) is 0 Å². The summed E-state index contributed by atoms with van der Waals surface area (Å²) in [6.07, 6.45) is 2.65. The molecule has 0 aliphatic rings. The highest BCUT2D eigenvalue weighted by Gasteiger charge is 2.03. The quantitative estimate of drug-likeness (QED) is 0.257. The van der Waals surface area contributed by atoms with Crippen molar-refractivity contribution in [2.24, 2.45) is 4.99 Å². The molecule has 0 unspecified atom stereocenters. The van der Waals surface area contributed by atoms with E-state index >= 15 is 0 Å². The molecule has 9 heteroatoms. The molecule has 0 saturated heterocycles. The van der Waals surface area contributed by atoms with Crippen LogP contribution in [0, 0.1) is 0 Å². The molecule has 0 saturated carbocycles. The zero-order valence-corrected chi connectivity index (χ0v) is 17.2. The van der Waals surface area contributed by atoms with Crippen LogP contribution in [0.3, 0.4) is 0 Å². The smallest absolute Gasteiger partial charge is 0.191 e. The molecule has 2 heterocycles. The second-order valence-corrected chi connectivity index (χ2v) is 5.92. The molecule has 0 atom stereocenters. The third kappa shape index (κ3) is 7.14. The lowest BCUT2D eigenvalue weighted by Crippen LogP contribution is -2.40. The van der Waals surface area contributed by atoms with Gasteiger partial charge in [0.05, 0.1) is 13.2 Å². The van der Waals surface area contributed by atoms with Crippen molar-refractivity contribution in [3.05, 3.63) is 34.5 Å². The van der Waals surface area contributed by atoms with Gasteiger partial charge in [0.25, 0.3) is 0 Å². The van der Waals surface area contributed by atoms with Gasteiger partial charge in [0, 0.05) is 38.0 Å². The standard InChI is InChI=1S/C15H24N6OS.HI/c1-3-14-20-19-12-21(14)8-6-16-15(17-7-9-22-2)18-11-13-5-4-10-23-13;/h4-5,10,12H,3,6-9,11H2,1-2H3,(H2,16,17,18);1H. The number of hydrogen-bond acceptors (Lipinski definition) is 5. The van der Waals surface area contributed by atoms with Crippen molar-refractivity contribution in [3.63, 3.8) is 0 Å². The van der Waals surface area contributed by atoms with Gasteiger partial charge >= 0.3 is 0 Å². The Morgan fingerprint density at radius 3 is 2.92 bits per heavy atom. The van der Waals surface area contributed by atoms with Crippen LogP contribution in [-0.2, 0) is 24.2 Å². The largest absolute Gasteiger partial charge is 0.383 e. The molecule has 0 radical (unpaired) electrons. The van der Waals surface area contributed by atoms with Gasteiger partial charge in [-0.15, -0.1) is 45.5 Å². The second-order valence-electron chi connectivity index (χ2n) is 4.88. The van der Waals surface area contributed by atoms with Crippen LogP contribution in [0.2, 0.25) is 0 Å². The van der Waals surface area contributed by atoms with Gasteiger partial charge < -0.3 is 19.9 Å². The summed E-state index contributed by atoms with van der Waals surface area (Å²) >= 11 is 1.71. The van der Waals surface area contributed by atoms with Gasteiger partial charge in [0.1, 0.15) is 12.2 Å². The van der Waals surface area contributed by atoms with Crippen molar-refractivity contribution in [2.45, 2.75) is 26.4 Å². The zero-order chi connectivity index (χ0) is 16.3. The van der Waals surface area contributed by atoms with Crippen LogP contribution in [0.1, 0.15) is 17.6 Å². The summed E-state index contributed by atoms with van der Waals surface area (Å²) in [5.41, 5.74) is 0. The van der Waals surface area contributed by atoms with Gasteiger partial charge in [0.2, 0.25) is 0 Å². The molecule has 0 aromatic carbocycles. The molecule has 0 aliphatic heterocycles. The molecule has 0 bridgehead atoms. The first-order valence-electron chi connectivity index (χ1n) is 7.73. The number of aromatic nitrogens is 3. The Hall–Kier alpha value is -1.20. The Kier molecular flexibility index (Phi) is 10.6. The Bertz CT molecular complexity index is 587. The summed E-state index contributed by atoms with van der Waals surface area (Å²) in [7, 11) is 1.69. The number of aliphatic imine (C=N–C) groups is 1. The maximum absolute atomic E-state index is 5.07. The van der Waals surface area contributed by atoms with E-state index in [1.165, 1.54) is 4.88 Å². The van der Waals surface area contributed by atoms with Crippen LogP contribution >= 0.6 is 35.3 Å². The minimum Gasteiger partial charge on any atom is -0.383 e. The minimum atomic E-state index is 0. The average Bonchev–Trinajstić information content (AvgIpc) is 3.23. The number of thiophene rings is 1. The number of nitrogens with one attached hydrogen (secondary N) is 2. The predicted molar refractivity (Wildman–Crippen MR) is 108 cm³/mol.